The monoisotopic (exact) mass is 403 g/mol. The maximum Gasteiger partial charge on any atom is 0.346 e. The van der Waals surface area contributed by atoms with Gasteiger partial charge in [0.05, 0.1) is 36.9 Å². The highest BCUT2D eigenvalue weighted by Gasteiger charge is 2.26. The van der Waals surface area contributed by atoms with Crippen LogP contribution in [0.15, 0.2) is 43.0 Å². The number of hydrogen-bond donors (Lipinski definition) is 1. The molecule has 0 spiro atoms. The minimum Gasteiger partial charge on any atom is -0.348 e. The minimum absolute atomic E-state index is 0.198. The van der Waals surface area contributed by atoms with Crippen molar-refractivity contribution in [1.82, 2.24) is 24.8 Å². The van der Waals surface area contributed by atoms with Gasteiger partial charge in [-0.2, -0.15) is 5.10 Å². The second-order valence-corrected chi connectivity index (χ2v) is 6.77. The van der Waals surface area contributed by atoms with Crippen LogP contribution in [0, 0.1) is 0 Å². The number of aromatic amines is 1. The van der Waals surface area contributed by atoms with Gasteiger partial charge in [0.2, 0.25) is 0 Å². The van der Waals surface area contributed by atoms with E-state index in [1.54, 1.807) is 52.0 Å². The van der Waals surface area contributed by atoms with E-state index < -0.39 is 6.29 Å². The first-order chi connectivity index (χ1) is 13.6. The minimum atomic E-state index is -0.465. The number of carbonyl (C=O) groups excluding carboxylic acids is 1. The van der Waals surface area contributed by atoms with Crippen molar-refractivity contribution in [1.29, 1.82) is 0 Å². The summed E-state index contributed by atoms with van der Waals surface area (Å²) in [6.45, 7) is 1.55. The van der Waals surface area contributed by atoms with Crippen LogP contribution in [0.3, 0.4) is 0 Å². The van der Waals surface area contributed by atoms with Gasteiger partial charge in [0.15, 0.2) is 12.5 Å². The summed E-state index contributed by atoms with van der Waals surface area (Å²) in [4.78, 5) is 19.1. The van der Waals surface area contributed by atoms with Crippen molar-refractivity contribution in [3.8, 4) is 5.82 Å². The van der Waals surface area contributed by atoms with E-state index in [0.717, 1.165) is 0 Å². The predicted octanol–water partition coefficient (Wildman–Crippen LogP) is 1.09. The predicted molar refractivity (Wildman–Crippen MR) is 98.8 cm³/mol. The Morgan fingerprint density at radius 3 is 2.86 bits per heavy atom. The fourth-order valence-corrected chi connectivity index (χ4v) is 3.22. The lowest BCUT2D eigenvalue weighted by atomic mass is 10.2. The van der Waals surface area contributed by atoms with Crippen LogP contribution in [-0.4, -0.2) is 56.7 Å². The van der Waals surface area contributed by atoms with Crippen molar-refractivity contribution >= 4 is 17.5 Å². The Morgan fingerprint density at radius 2 is 2.25 bits per heavy atom. The summed E-state index contributed by atoms with van der Waals surface area (Å²) in [5.74, 6) is 0.486. The molecule has 0 saturated carbocycles. The zero-order valence-corrected chi connectivity index (χ0v) is 16.0. The smallest absolute Gasteiger partial charge is 0.346 e. The molecule has 146 valence electrons. The summed E-state index contributed by atoms with van der Waals surface area (Å²) in [6.07, 6.45) is 6.42. The van der Waals surface area contributed by atoms with E-state index >= 15 is 0 Å². The number of amides is 1. The van der Waals surface area contributed by atoms with Crippen LogP contribution < -0.4 is 4.68 Å². The van der Waals surface area contributed by atoms with E-state index in [9.17, 15) is 4.79 Å². The summed E-state index contributed by atoms with van der Waals surface area (Å²) in [7, 11) is 1.78. The molecule has 3 aromatic heterocycles. The number of pyridine rings is 1. The number of hydrogen-bond acceptors (Lipinski definition) is 5. The third-order valence-corrected chi connectivity index (χ3v) is 4.64. The van der Waals surface area contributed by atoms with E-state index in [-0.39, 0.29) is 19.0 Å². The van der Waals surface area contributed by atoms with Gasteiger partial charge in [-0.1, -0.05) is 11.6 Å². The number of nitrogens with zero attached hydrogens (tertiary/aromatic N) is 5. The number of rotatable bonds is 6. The Hall–Kier alpha value is -2.75. The van der Waals surface area contributed by atoms with Gasteiger partial charge in [-0.3, -0.25) is 9.48 Å². The van der Waals surface area contributed by atoms with Crippen LogP contribution in [0.4, 0.5) is 0 Å². The van der Waals surface area contributed by atoms with Crippen LogP contribution in [0.5, 0.6) is 0 Å². The lowest BCUT2D eigenvalue weighted by Gasteiger charge is -2.24. The standard InChI is InChI=1S/C18H19ClN6O3/c1-23-10-14(19)15(22-23)11-24(12-17-27-7-8-28-17)18(26)13-3-4-16(20-9-13)25-6-2-5-21-25/h2-6,9-10,17H,7-8,11-12H2,1H3/p+1. The van der Waals surface area contributed by atoms with Crippen molar-refractivity contribution in [3.63, 3.8) is 0 Å². The summed E-state index contributed by atoms with van der Waals surface area (Å²) >= 11 is 6.23. The van der Waals surface area contributed by atoms with Crippen LogP contribution in [0.2, 0.25) is 5.02 Å². The Balaban J connectivity index is 1.55. The second-order valence-electron chi connectivity index (χ2n) is 6.37. The molecule has 3 aromatic rings. The first kappa shape index (κ1) is 18.6. The third-order valence-electron chi connectivity index (χ3n) is 4.33. The molecule has 0 atom stereocenters. The van der Waals surface area contributed by atoms with E-state index in [2.05, 4.69) is 15.2 Å². The maximum atomic E-state index is 13.1. The number of halogens is 1. The van der Waals surface area contributed by atoms with E-state index in [1.807, 2.05) is 12.3 Å². The van der Waals surface area contributed by atoms with Gasteiger partial charge in [-0.25, -0.2) is 5.10 Å². The number of aryl methyl sites for hydroxylation is 1. The average molecular weight is 404 g/mol. The number of H-pyrrole nitrogens is 1. The van der Waals surface area contributed by atoms with Gasteiger partial charge in [-0.05, 0) is 17.1 Å². The molecule has 10 heteroatoms. The van der Waals surface area contributed by atoms with E-state index in [1.165, 1.54) is 0 Å². The Labute approximate surface area is 166 Å². The fourth-order valence-electron chi connectivity index (χ4n) is 2.98. The normalized spacial score (nSPS) is 14.5. The summed E-state index contributed by atoms with van der Waals surface area (Å²) in [6, 6.07) is 5.38. The molecule has 0 radical (unpaired) electrons. The van der Waals surface area contributed by atoms with Gasteiger partial charge in [-0.15, -0.1) is 4.68 Å². The molecule has 4 rings (SSSR count). The van der Waals surface area contributed by atoms with Gasteiger partial charge < -0.3 is 14.4 Å². The van der Waals surface area contributed by atoms with E-state index in [4.69, 9.17) is 21.1 Å². The van der Waals surface area contributed by atoms with Crippen LogP contribution in [0.1, 0.15) is 16.1 Å². The second kappa shape index (κ2) is 8.09. The Bertz CT molecular complexity index is 935. The summed E-state index contributed by atoms with van der Waals surface area (Å²) < 4.78 is 14.4. The molecule has 4 heterocycles. The van der Waals surface area contributed by atoms with Crippen LogP contribution in [-0.2, 0) is 23.1 Å². The van der Waals surface area contributed by atoms with Gasteiger partial charge in [0.1, 0.15) is 11.9 Å². The van der Waals surface area contributed by atoms with Gasteiger partial charge >= 0.3 is 5.82 Å². The number of ether oxygens (including phenoxy) is 2. The molecule has 1 saturated heterocycles. The van der Waals surface area contributed by atoms with Gasteiger partial charge in [0.25, 0.3) is 5.91 Å². The molecule has 0 aliphatic carbocycles. The van der Waals surface area contributed by atoms with Gasteiger partial charge in [0, 0.05) is 25.5 Å². The largest absolute Gasteiger partial charge is 0.348 e. The highest BCUT2D eigenvalue weighted by Crippen LogP contribution is 2.18. The SMILES string of the molecule is Cn1cc(Cl)c(CN(CC2OCCO2)C(=O)c2ccc(-[n+]3ccc[nH]3)nc2)n1. The third kappa shape index (κ3) is 4.06. The molecule has 1 aliphatic heterocycles. The quantitative estimate of drug-likeness (QED) is 0.622. The lowest BCUT2D eigenvalue weighted by molar-refractivity contribution is -0.658. The molecular formula is C18H20ClN6O3+. The first-order valence-electron chi connectivity index (χ1n) is 8.82. The Morgan fingerprint density at radius 1 is 1.43 bits per heavy atom. The highest BCUT2D eigenvalue weighted by atomic mass is 35.5. The molecule has 1 fully saturated rings. The number of carbonyl (C=O) groups is 1. The van der Waals surface area contributed by atoms with Crippen molar-refractivity contribution < 1.29 is 19.0 Å². The average Bonchev–Trinajstić information content (AvgIpc) is 3.44. The fraction of sp³-hybridized carbons (Fsp3) is 0.333. The van der Waals surface area contributed by atoms with Crippen molar-refractivity contribution in [2.45, 2.75) is 12.8 Å². The van der Waals surface area contributed by atoms with Crippen molar-refractivity contribution in [2.75, 3.05) is 19.8 Å². The maximum absolute atomic E-state index is 13.1. The molecule has 0 unspecified atom stereocenters. The molecule has 0 bridgehead atoms. The van der Waals surface area contributed by atoms with E-state index in [0.29, 0.717) is 35.3 Å². The highest BCUT2D eigenvalue weighted by molar-refractivity contribution is 6.31. The number of aromatic nitrogens is 5. The molecule has 0 aromatic carbocycles. The lowest BCUT2D eigenvalue weighted by Crippen LogP contribution is -2.38. The van der Waals surface area contributed by atoms with Crippen molar-refractivity contribution in [3.05, 3.63) is 59.3 Å². The molecule has 1 N–H and O–H groups in total. The first-order valence-corrected chi connectivity index (χ1v) is 9.20. The molecule has 1 amide bonds. The number of nitrogens with one attached hydrogen (secondary N) is 1. The molecular weight excluding hydrogens is 384 g/mol. The van der Waals surface area contributed by atoms with Crippen LogP contribution in [0.25, 0.3) is 5.82 Å². The summed E-state index contributed by atoms with van der Waals surface area (Å²) in [5.41, 5.74) is 1.07. The molecule has 1 aliphatic rings. The Kier molecular flexibility index (Phi) is 5.38. The molecule has 28 heavy (non-hydrogen) atoms. The van der Waals surface area contributed by atoms with Crippen molar-refractivity contribution in [2.24, 2.45) is 7.05 Å². The molecule has 9 nitrogen and oxygen atoms in total. The topological polar surface area (TPSA) is 89.2 Å². The summed E-state index contributed by atoms with van der Waals surface area (Å²) in [5, 5.41) is 7.85. The zero-order valence-electron chi connectivity index (χ0n) is 15.3. The zero-order chi connectivity index (χ0) is 19.5. The van der Waals surface area contributed by atoms with Crippen LogP contribution >= 0.6 is 11.6 Å².